The van der Waals surface area contributed by atoms with E-state index in [2.05, 4.69) is 13.1 Å². The van der Waals surface area contributed by atoms with Gasteiger partial charge in [-0.15, -0.1) is 0 Å². The van der Waals surface area contributed by atoms with Crippen molar-refractivity contribution >= 4 is 10.0 Å². The number of rotatable bonds is 2. The van der Waals surface area contributed by atoms with E-state index in [-0.39, 0.29) is 0 Å². The number of nitrogens with one attached hydrogen (secondary N) is 1. The highest BCUT2D eigenvalue weighted by Crippen LogP contribution is 2.28. The van der Waals surface area contributed by atoms with Crippen molar-refractivity contribution in [1.82, 2.24) is 4.31 Å². The van der Waals surface area contributed by atoms with Gasteiger partial charge in [-0.25, -0.2) is 8.42 Å². The minimum atomic E-state index is -3.37. The number of hydrogen-bond acceptors (Lipinski definition) is 2. The largest absolute Gasteiger partial charge is 0.335 e. The minimum Gasteiger partial charge on any atom is -0.335 e. The maximum atomic E-state index is 13.0. The lowest BCUT2D eigenvalue weighted by molar-refractivity contribution is -0.883. The molecule has 4 nitrogen and oxygen atoms in total. The van der Waals surface area contributed by atoms with Crippen molar-refractivity contribution in [3.05, 3.63) is 28.3 Å². The predicted octanol–water partition coefficient (Wildman–Crippen LogP) is 0.439. The molecular weight excluding hydrogens is 272 g/mol. The first-order chi connectivity index (χ1) is 9.25. The zero-order valence-electron chi connectivity index (χ0n) is 13.1. The van der Waals surface area contributed by atoms with E-state index in [0.717, 1.165) is 35.3 Å². The van der Waals surface area contributed by atoms with Crippen LogP contribution >= 0.6 is 0 Å². The molecule has 112 valence electrons. The van der Waals surface area contributed by atoms with Crippen LogP contribution < -0.4 is 4.90 Å². The fourth-order valence-electron chi connectivity index (χ4n) is 2.80. The summed E-state index contributed by atoms with van der Waals surface area (Å²) in [5.41, 5.74) is 3.87. The summed E-state index contributed by atoms with van der Waals surface area (Å²) in [5, 5.41) is 0. The molecule has 1 heterocycles. The van der Waals surface area contributed by atoms with Gasteiger partial charge in [0.05, 0.1) is 38.1 Å². The van der Waals surface area contributed by atoms with Crippen molar-refractivity contribution in [2.45, 2.75) is 32.6 Å². The summed E-state index contributed by atoms with van der Waals surface area (Å²) in [7, 11) is -1.26. The van der Waals surface area contributed by atoms with E-state index in [1.54, 1.807) is 4.31 Å². The third-order valence-corrected chi connectivity index (χ3v) is 6.64. The molecule has 20 heavy (non-hydrogen) atoms. The molecule has 1 N–H and O–H groups in total. The van der Waals surface area contributed by atoms with Crippen molar-refractivity contribution in [2.75, 3.05) is 33.2 Å². The molecule has 2 rings (SSSR count). The summed E-state index contributed by atoms with van der Waals surface area (Å²) in [6, 6.07) is 2.07. The van der Waals surface area contributed by atoms with Gasteiger partial charge in [0, 0.05) is 0 Å². The molecule has 0 unspecified atom stereocenters. The van der Waals surface area contributed by atoms with Crippen molar-refractivity contribution in [3.8, 4) is 0 Å². The Kier molecular flexibility index (Phi) is 4.23. The lowest BCUT2D eigenvalue weighted by Crippen LogP contribution is -3.12. The van der Waals surface area contributed by atoms with Gasteiger partial charge in [0.2, 0.25) is 10.0 Å². The molecule has 0 spiro atoms. The molecule has 0 radical (unpaired) electrons. The summed E-state index contributed by atoms with van der Waals surface area (Å²) in [6.45, 7) is 10.8. The predicted molar refractivity (Wildman–Crippen MR) is 80.8 cm³/mol. The van der Waals surface area contributed by atoms with Crippen LogP contribution in [-0.4, -0.2) is 45.9 Å². The molecule has 0 aromatic heterocycles. The molecule has 1 aromatic carbocycles. The van der Waals surface area contributed by atoms with Crippen LogP contribution in [0.5, 0.6) is 0 Å². The van der Waals surface area contributed by atoms with Crippen LogP contribution in [0.3, 0.4) is 0 Å². The van der Waals surface area contributed by atoms with Crippen LogP contribution in [0, 0.1) is 27.7 Å². The SMILES string of the molecule is Cc1cc(C)c(C)c(S(=O)(=O)N2CC[NH+](C)CC2)c1C. The summed E-state index contributed by atoms with van der Waals surface area (Å²) in [5.74, 6) is 0. The first kappa shape index (κ1) is 15.5. The molecule has 1 aliphatic rings. The smallest absolute Gasteiger partial charge is 0.244 e. The molecule has 0 amide bonds. The van der Waals surface area contributed by atoms with E-state index in [9.17, 15) is 8.42 Å². The van der Waals surface area contributed by atoms with Crippen LogP contribution in [0.2, 0.25) is 0 Å². The van der Waals surface area contributed by atoms with E-state index in [1.165, 1.54) is 4.90 Å². The molecule has 0 bridgehead atoms. The van der Waals surface area contributed by atoms with Gasteiger partial charge in [-0.1, -0.05) is 6.07 Å². The molecule has 5 heteroatoms. The average Bonchev–Trinajstić information content (AvgIpc) is 2.37. The number of nitrogens with zero attached hydrogens (tertiary/aromatic N) is 1. The minimum absolute atomic E-state index is 0.523. The lowest BCUT2D eigenvalue weighted by Gasteiger charge is -2.30. The molecule has 1 aromatic rings. The molecular formula is C15H25N2O2S+. The van der Waals surface area contributed by atoms with Gasteiger partial charge in [0.1, 0.15) is 0 Å². The second kappa shape index (κ2) is 5.47. The van der Waals surface area contributed by atoms with Gasteiger partial charge in [0.25, 0.3) is 0 Å². The van der Waals surface area contributed by atoms with Crippen LogP contribution in [-0.2, 0) is 10.0 Å². The Hall–Kier alpha value is -0.910. The number of benzene rings is 1. The van der Waals surface area contributed by atoms with Gasteiger partial charge < -0.3 is 4.90 Å². The maximum Gasteiger partial charge on any atom is 0.244 e. The van der Waals surface area contributed by atoms with Crippen molar-refractivity contribution < 1.29 is 13.3 Å². The van der Waals surface area contributed by atoms with Crippen molar-refractivity contribution in [3.63, 3.8) is 0 Å². The highest BCUT2D eigenvalue weighted by atomic mass is 32.2. The normalized spacial score (nSPS) is 18.4. The molecule has 0 saturated carbocycles. The van der Waals surface area contributed by atoms with E-state index in [4.69, 9.17) is 0 Å². The van der Waals surface area contributed by atoms with Gasteiger partial charge >= 0.3 is 0 Å². The Morgan fingerprint density at radius 2 is 1.45 bits per heavy atom. The van der Waals surface area contributed by atoms with Crippen LogP contribution in [0.25, 0.3) is 0 Å². The van der Waals surface area contributed by atoms with Crippen LogP contribution in [0.15, 0.2) is 11.0 Å². The van der Waals surface area contributed by atoms with Gasteiger partial charge in [-0.2, -0.15) is 4.31 Å². The number of piperazine rings is 1. The molecule has 1 fully saturated rings. The number of aryl methyl sites for hydroxylation is 2. The van der Waals surface area contributed by atoms with E-state index in [0.29, 0.717) is 18.0 Å². The fourth-order valence-corrected chi connectivity index (χ4v) is 4.82. The number of sulfonamides is 1. The third-order valence-electron chi connectivity index (χ3n) is 4.47. The van der Waals surface area contributed by atoms with E-state index in [1.807, 2.05) is 27.7 Å². The standard InChI is InChI=1S/C15H24N2O2S/c1-11-10-12(2)14(4)15(13(11)3)20(18,19)17-8-6-16(5)7-9-17/h10H,6-9H2,1-5H3/p+1. The fraction of sp³-hybridized carbons (Fsp3) is 0.600. The zero-order valence-corrected chi connectivity index (χ0v) is 13.9. The lowest BCUT2D eigenvalue weighted by atomic mass is 10.0. The quantitative estimate of drug-likeness (QED) is 0.861. The first-order valence-electron chi connectivity index (χ1n) is 7.14. The van der Waals surface area contributed by atoms with E-state index < -0.39 is 10.0 Å². The molecule has 0 atom stereocenters. The molecule has 0 aliphatic carbocycles. The number of quaternary nitrogens is 1. The second-order valence-corrected chi connectivity index (χ2v) is 7.83. The second-order valence-electron chi connectivity index (χ2n) is 5.95. The van der Waals surface area contributed by atoms with Gasteiger partial charge in [-0.05, 0) is 49.9 Å². The van der Waals surface area contributed by atoms with Crippen LogP contribution in [0.4, 0.5) is 0 Å². The molecule has 1 aliphatic heterocycles. The van der Waals surface area contributed by atoms with Crippen LogP contribution in [0.1, 0.15) is 22.3 Å². The average molecular weight is 297 g/mol. The summed E-state index contributed by atoms with van der Waals surface area (Å²) >= 11 is 0. The van der Waals surface area contributed by atoms with Crippen molar-refractivity contribution in [1.29, 1.82) is 0 Å². The number of hydrogen-bond donors (Lipinski definition) is 1. The number of likely N-dealkylation sites (N-methyl/N-ethyl adjacent to an activating group) is 1. The Morgan fingerprint density at radius 3 is 1.90 bits per heavy atom. The summed E-state index contributed by atoms with van der Waals surface area (Å²) < 4.78 is 27.6. The Balaban J connectivity index is 2.50. The Morgan fingerprint density at radius 1 is 1.00 bits per heavy atom. The monoisotopic (exact) mass is 297 g/mol. The topological polar surface area (TPSA) is 41.8 Å². The Bertz CT molecular complexity index is 589. The van der Waals surface area contributed by atoms with Crippen molar-refractivity contribution in [2.24, 2.45) is 0 Å². The highest BCUT2D eigenvalue weighted by Gasteiger charge is 2.32. The summed E-state index contributed by atoms with van der Waals surface area (Å²) in [4.78, 5) is 1.92. The molecule has 1 saturated heterocycles. The highest BCUT2D eigenvalue weighted by molar-refractivity contribution is 7.89. The first-order valence-corrected chi connectivity index (χ1v) is 8.58. The zero-order chi connectivity index (χ0) is 15.1. The van der Waals surface area contributed by atoms with E-state index >= 15 is 0 Å². The third kappa shape index (κ3) is 2.62. The Labute approximate surface area is 122 Å². The maximum absolute atomic E-state index is 13.0. The summed E-state index contributed by atoms with van der Waals surface area (Å²) in [6.07, 6.45) is 0. The van der Waals surface area contributed by atoms with Gasteiger partial charge in [0.15, 0.2) is 0 Å². The van der Waals surface area contributed by atoms with Gasteiger partial charge in [-0.3, -0.25) is 0 Å².